The van der Waals surface area contributed by atoms with Gasteiger partial charge in [-0.1, -0.05) is 35.9 Å². The highest BCUT2D eigenvalue weighted by molar-refractivity contribution is 6.31. The lowest BCUT2D eigenvalue weighted by Gasteiger charge is -2.11. The van der Waals surface area contributed by atoms with Gasteiger partial charge in [-0.25, -0.2) is 4.98 Å². The van der Waals surface area contributed by atoms with Gasteiger partial charge in [-0.2, -0.15) is 4.98 Å². The Balaban J connectivity index is 1.65. The maximum absolute atomic E-state index is 6.21. The van der Waals surface area contributed by atoms with Gasteiger partial charge < -0.3 is 10.6 Å². The van der Waals surface area contributed by atoms with E-state index in [1.54, 1.807) is 6.20 Å². The minimum absolute atomic E-state index is 0.508. The van der Waals surface area contributed by atoms with E-state index in [1.165, 1.54) is 0 Å². The summed E-state index contributed by atoms with van der Waals surface area (Å²) in [6.07, 6.45) is 1.78. The van der Waals surface area contributed by atoms with Crippen LogP contribution in [0.3, 0.4) is 0 Å². The Kier molecular flexibility index (Phi) is 4.60. The number of nitrogens with zero attached hydrogens (tertiary/aromatic N) is 3. The van der Waals surface area contributed by atoms with Crippen molar-refractivity contribution in [2.45, 2.75) is 13.8 Å². The van der Waals surface area contributed by atoms with Crippen LogP contribution >= 0.6 is 11.6 Å². The molecular formula is C21H18ClN5. The van der Waals surface area contributed by atoms with Crippen LogP contribution in [0.15, 0.2) is 60.8 Å². The average Bonchev–Trinajstić information content (AvgIpc) is 2.65. The molecule has 27 heavy (non-hydrogen) atoms. The molecule has 4 rings (SSSR count). The summed E-state index contributed by atoms with van der Waals surface area (Å²) in [7, 11) is 0. The van der Waals surface area contributed by atoms with Gasteiger partial charge in [0.15, 0.2) is 0 Å². The number of para-hydroxylation sites is 1. The Morgan fingerprint density at radius 1 is 0.889 bits per heavy atom. The molecule has 0 saturated heterocycles. The molecule has 0 spiro atoms. The van der Waals surface area contributed by atoms with E-state index in [1.807, 2.05) is 68.4 Å². The molecule has 2 heterocycles. The number of nitrogens with one attached hydrogen (secondary N) is 2. The SMILES string of the molecule is Cc1cc(Nc2ccc(C)c(Cl)c2)nc(Nc2cccc3cccnc23)n1. The van der Waals surface area contributed by atoms with Gasteiger partial charge in [0, 0.05) is 34.1 Å². The smallest absolute Gasteiger partial charge is 0.229 e. The number of halogens is 1. The van der Waals surface area contributed by atoms with E-state index in [2.05, 4.69) is 25.6 Å². The van der Waals surface area contributed by atoms with Crippen molar-refractivity contribution in [3.05, 3.63) is 77.1 Å². The monoisotopic (exact) mass is 375 g/mol. The number of anilines is 4. The zero-order valence-corrected chi connectivity index (χ0v) is 15.7. The molecule has 2 aromatic heterocycles. The van der Waals surface area contributed by atoms with Gasteiger partial charge in [0.2, 0.25) is 5.95 Å². The molecule has 0 atom stereocenters. The number of hydrogen-bond acceptors (Lipinski definition) is 5. The topological polar surface area (TPSA) is 62.7 Å². The maximum atomic E-state index is 6.21. The van der Waals surface area contributed by atoms with Crippen molar-refractivity contribution in [2.75, 3.05) is 10.6 Å². The second-order valence-electron chi connectivity index (χ2n) is 6.31. The van der Waals surface area contributed by atoms with E-state index in [-0.39, 0.29) is 0 Å². The highest BCUT2D eigenvalue weighted by atomic mass is 35.5. The molecular weight excluding hydrogens is 358 g/mol. The van der Waals surface area contributed by atoms with E-state index < -0.39 is 0 Å². The molecule has 5 nitrogen and oxygen atoms in total. The Morgan fingerprint density at radius 2 is 1.74 bits per heavy atom. The quantitative estimate of drug-likeness (QED) is 0.473. The summed E-state index contributed by atoms with van der Waals surface area (Å²) >= 11 is 6.21. The van der Waals surface area contributed by atoms with Crippen LogP contribution < -0.4 is 10.6 Å². The first-order valence-electron chi connectivity index (χ1n) is 8.58. The molecule has 0 unspecified atom stereocenters. The molecule has 0 bridgehead atoms. The fourth-order valence-corrected chi connectivity index (χ4v) is 3.01. The third-order valence-electron chi connectivity index (χ3n) is 4.18. The summed E-state index contributed by atoms with van der Waals surface area (Å²) < 4.78 is 0. The summed E-state index contributed by atoms with van der Waals surface area (Å²) in [5, 5.41) is 8.34. The Labute approximate surface area is 162 Å². The van der Waals surface area contributed by atoms with E-state index in [0.29, 0.717) is 16.8 Å². The van der Waals surface area contributed by atoms with Crippen LogP contribution in [-0.2, 0) is 0 Å². The standard InChI is InChI=1S/C21H18ClN5/c1-13-8-9-16(12-17(13)22)25-19-11-14(2)24-21(27-19)26-18-7-3-5-15-6-4-10-23-20(15)18/h3-12H,1-2H3,(H2,24,25,26,27). The van der Waals surface area contributed by atoms with Crippen LogP contribution in [-0.4, -0.2) is 15.0 Å². The zero-order chi connectivity index (χ0) is 18.8. The van der Waals surface area contributed by atoms with Crippen molar-refractivity contribution in [2.24, 2.45) is 0 Å². The molecule has 0 aliphatic carbocycles. The summed E-state index contributed by atoms with van der Waals surface area (Å²) in [5.74, 6) is 1.20. The third kappa shape index (κ3) is 3.83. The lowest BCUT2D eigenvalue weighted by atomic mass is 10.2. The van der Waals surface area contributed by atoms with Gasteiger partial charge in [0.1, 0.15) is 5.82 Å². The average molecular weight is 376 g/mol. The number of benzene rings is 2. The van der Waals surface area contributed by atoms with Crippen LogP contribution in [0.4, 0.5) is 23.1 Å². The normalized spacial score (nSPS) is 10.8. The number of fused-ring (bicyclic) bond motifs is 1. The van der Waals surface area contributed by atoms with Crippen LogP contribution in [0.25, 0.3) is 10.9 Å². The minimum Gasteiger partial charge on any atom is -0.340 e. The van der Waals surface area contributed by atoms with Gasteiger partial charge in [0.05, 0.1) is 11.2 Å². The van der Waals surface area contributed by atoms with Crippen LogP contribution in [0.2, 0.25) is 5.02 Å². The third-order valence-corrected chi connectivity index (χ3v) is 4.58. The zero-order valence-electron chi connectivity index (χ0n) is 15.0. The van der Waals surface area contributed by atoms with Gasteiger partial charge in [-0.3, -0.25) is 4.98 Å². The second-order valence-corrected chi connectivity index (χ2v) is 6.72. The summed E-state index contributed by atoms with van der Waals surface area (Å²) in [6.45, 7) is 3.91. The first-order chi connectivity index (χ1) is 13.1. The fourth-order valence-electron chi connectivity index (χ4n) is 2.83. The molecule has 0 aliphatic heterocycles. The van der Waals surface area contributed by atoms with E-state index in [4.69, 9.17) is 11.6 Å². The largest absolute Gasteiger partial charge is 0.340 e. The molecule has 6 heteroatoms. The number of aryl methyl sites for hydroxylation is 2. The fraction of sp³-hybridized carbons (Fsp3) is 0.0952. The van der Waals surface area contributed by atoms with E-state index in [0.717, 1.165) is 33.5 Å². The van der Waals surface area contributed by atoms with Crippen molar-refractivity contribution in [1.29, 1.82) is 0 Å². The van der Waals surface area contributed by atoms with Crippen LogP contribution in [0.5, 0.6) is 0 Å². The highest BCUT2D eigenvalue weighted by Gasteiger charge is 2.07. The minimum atomic E-state index is 0.508. The van der Waals surface area contributed by atoms with Crippen molar-refractivity contribution in [3.63, 3.8) is 0 Å². The Morgan fingerprint density at radius 3 is 2.59 bits per heavy atom. The lowest BCUT2D eigenvalue weighted by Crippen LogP contribution is -2.03. The van der Waals surface area contributed by atoms with Crippen LogP contribution in [0.1, 0.15) is 11.3 Å². The number of aromatic nitrogens is 3. The van der Waals surface area contributed by atoms with Crippen molar-refractivity contribution in [3.8, 4) is 0 Å². The van der Waals surface area contributed by atoms with Gasteiger partial charge >= 0.3 is 0 Å². The van der Waals surface area contributed by atoms with E-state index in [9.17, 15) is 0 Å². The predicted octanol–water partition coefficient (Wildman–Crippen LogP) is 5.78. The van der Waals surface area contributed by atoms with E-state index >= 15 is 0 Å². The number of rotatable bonds is 4. The molecule has 2 N–H and O–H groups in total. The first kappa shape index (κ1) is 17.2. The number of hydrogen-bond donors (Lipinski definition) is 2. The summed E-state index contributed by atoms with van der Waals surface area (Å²) in [6, 6.07) is 17.6. The highest BCUT2D eigenvalue weighted by Crippen LogP contribution is 2.26. The summed E-state index contributed by atoms with van der Waals surface area (Å²) in [4.78, 5) is 13.5. The van der Waals surface area contributed by atoms with Crippen molar-refractivity contribution in [1.82, 2.24) is 15.0 Å². The number of pyridine rings is 1. The molecule has 0 aliphatic rings. The molecule has 2 aromatic carbocycles. The molecule has 134 valence electrons. The molecule has 0 saturated carbocycles. The Hall–Kier alpha value is -3.18. The van der Waals surface area contributed by atoms with Crippen LogP contribution in [0, 0.1) is 13.8 Å². The molecule has 0 fully saturated rings. The lowest BCUT2D eigenvalue weighted by molar-refractivity contribution is 1.11. The van der Waals surface area contributed by atoms with Gasteiger partial charge in [-0.05, 0) is 43.7 Å². The van der Waals surface area contributed by atoms with Gasteiger partial charge in [0.25, 0.3) is 0 Å². The summed E-state index contributed by atoms with van der Waals surface area (Å²) in [5.41, 5.74) is 4.50. The molecule has 4 aromatic rings. The van der Waals surface area contributed by atoms with Crippen molar-refractivity contribution >= 4 is 45.6 Å². The second kappa shape index (κ2) is 7.21. The maximum Gasteiger partial charge on any atom is 0.229 e. The molecule has 0 amide bonds. The van der Waals surface area contributed by atoms with Crippen molar-refractivity contribution < 1.29 is 0 Å². The predicted molar refractivity (Wildman–Crippen MR) is 111 cm³/mol. The Bertz CT molecular complexity index is 1120. The van der Waals surface area contributed by atoms with Gasteiger partial charge in [-0.15, -0.1) is 0 Å². The first-order valence-corrected chi connectivity index (χ1v) is 8.96. The molecule has 0 radical (unpaired) electrons.